The van der Waals surface area contributed by atoms with Crippen LogP contribution in [0.25, 0.3) is 0 Å². The molecule has 0 bridgehead atoms. The molecular formula is C11H17Cl2N5O. The molecule has 0 spiro atoms. The zero-order valence-corrected chi connectivity index (χ0v) is 12.3. The highest BCUT2D eigenvalue weighted by molar-refractivity contribution is 6.37. The summed E-state index contributed by atoms with van der Waals surface area (Å²) in [5.41, 5.74) is 2.38. The maximum atomic E-state index is 11.6. The second-order valence-electron chi connectivity index (χ2n) is 3.97. The van der Waals surface area contributed by atoms with Crippen LogP contribution in [-0.4, -0.2) is 31.0 Å². The van der Waals surface area contributed by atoms with E-state index in [4.69, 9.17) is 29.0 Å². The van der Waals surface area contributed by atoms with Crippen molar-refractivity contribution >= 4 is 40.7 Å². The van der Waals surface area contributed by atoms with Gasteiger partial charge in [0.05, 0.1) is 16.6 Å². The number of nitrogen functional groups attached to an aromatic ring is 1. The van der Waals surface area contributed by atoms with Gasteiger partial charge >= 0.3 is 0 Å². The van der Waals surface area contributed by atoms with Crippen LogP contribution in [0.4, 0.5) is 11.6 Å². The Morgan fingerprint density at radius 1 is 1.47 bits per heavy atom. The molecule has 8 heteroatoms. The van der Waals surface area contributed by atoms with Crippen molar-refractivity contribution in [3.63, 3.8) is 0 Å². The van der Waals surface area contributed by atoms with E-state index in [1.165, 1.54) is 6.07 Å². The van der Waals surface area contributed by atoms with E-state index in [9.17, 15) is 4.79 Å². The molecule has 0 aliphatic rings. The number of carbonyl (C=O) groups excluding carboxylic acids is 1. The summed E-state index contributed by atoms with van der Waals surface area (Å²) in [6.07, 6.45) is 0.886. The lowest BCUT2D eigenvalue weighted by atomic mass is 10.4. The number of anilines is 2. The van der Waals surface area contributed by atoms with Crippen molar-refractivity contribution in [2.24, 2.45) is 5.84 Å². The predicted molar refractivity (Wildman–Crippen MR) is 78.6 cm³/mol. The quantitative estimate of drug-likeness (QED) is 0.550. The molecule has 1 aromatic rings. The highest BCUT2D eigenvalue weighted by Crippen LogP contribution is 2.30. The summed E-state index contributed by atoms with van der Waals surface area (Å²) in [4.78, 5) is 17.4. The number of likely N-dealkylation sites (N-methyl/N-ethyl adjacent to an activating group) is 1. The van der Waals surface area contributed by atoms with E-state index in [0.29, 0.717) is 28.2 Å². The Bertz CT molecular complexity index is 455. The minimum atomic E-state index is -0.0978. The molecule has 0 radical (unpaired) electrons. The molecule has 19 heavy (non-hydrogen) atoms. The zero-order chi connectivity index (χ0) is 14.4. The van der Waals surface area contributed by atoms with E-state index in [0.717, 1.165) is 6.42 Å². The van der Waals surface area contributed by atoms with Crippen molar-refractivity contribution in [2.75, 3.05) is 30.5 Å². The third kappa shape index (κ3) is 4.41. The van der Waals surface area contributed by atoms with E-state index < -0.39 is 0 Å². The third-order valence-corrected chi connectivity index (χ3v) is 2.93. The van der Waals surface area contributed by atoms with Crippen LogP contribution in [-0.2, 0) is 4.79 Å². The lowest BCUT2D eigenvalue weighted by molar-refractivity contribution is -0.119. The second-order valence-corrected chi connectivity index (χ2v) is 4.79. The normalized spacial score (nSPS) is 10.2. The number of nitrogens with zero attached hydrogens (tertiary/aromatic N) is 2. The summed E-state index contributed by atoms with van der Waals surface area (Å²) in [7, 11) is 1.72. The largest absolute Gasteiger partial charge is 0.355 e. The maximum absolute atomic E-state index is 11.6. The van der Waals surface area contributed by atoms with Gasteiger partial charge in [-0.15, -0.1) is 0 Å². The molecule has 1 rings (SSSR count). The van der Waals surface area contributed by atoms with Gasteiger partial charge in [-0.3, -0.25) is 4.79 Å². The number of carbonyl (C=O) groups is 1. The van der Waals surface area contributed by atoms with Crippen LogP contribution in [0, 0.1) is 0 Å². The molecule has 0 saturated carbocycles. The molecule has 106 valence electrons. The third-order valence-electron chi connectivity index (χ3n) is 2.36. The number of nitrogens with two attached hydrogens (primary N) is 1. The predicted octanol–water partition coefficient (Wildman–Crippen LogP) is 1.64. The first-order valence-electron chi connectivity index (χ1n) is 5.80. The number of amides is 1. The van der Waals surface area contributed by atoms with E-state index >= 15 is 0 Å². The number of hydrogen-bond acceptors (Lipinski definition) is 5. The molecule has 0 unspecified atom stereocenters. The average Bonchev–Trinajstić information content (AvgIpc) is 2.36. The zero-order valence-electron chi connectivity index (χ0n) is 10.8. The maximum Gasteiger partial charge on any atom is 0.239 e. The van der Waals surface area contributed by atoms with Crippen molar-refractivity contribution < 1.29 is 4.79 Å². The van der Waals surface area contributed by atoms with Gasteiger partial charge in [-0.1, -0.05) is 30.1 Å². The number of halogens is 2. The van der Waals surface area contributed by atoms with Gasteiger partial charge in [0.25, 0.3) is 0 Å². The standard InChI is InChI=1S/C11H17Cl2N5O/c1-3-4-15-9(19)6-18(2)11-8(13)5-7(12)10(16-11)17-14/h5H,3-4,6,14H2,1-2H3,(H,15,19)(H,16,17). The van der Waals surface area contributed by atoms with Crippen LogP contribution in [0.2, 0.25) is 10.0 Å². The first-order valence-corrected chi connectivity index (χ1v) is 6.55. The molecule has 1 heterocycles. The Kier molecular flexibility index (Phi) is 6.14. The number of pyridine rings is 1. The van der Waals surface area contributed by atoms with Crippen LogP contribution < -0.4 is 21.5 Å². The van der Waals surface area contributed by atoms with Crippen molar-refractivity contribution in [3.05, 3.63) is 16.1 Å². The van der Waals surface area contributed by atoms with Crippen LogP contribution >= 0.6 is 23.2 Å². The minimum absolute atomic E-state index is 0.0978. The first-order chi connectivity index (χ1) is 8.99. The molecular weight excluding hydrogens is 289 g/mol. The average molecular weight is 306 g/mol. The van der Waals surface area contributed by atoms with E-state index in [1.807, 2.05) is 6.92 Å². The van der Waals surface area contributed by atoms with Crippen molar-refractivity contribution in [3.8, 4) is 0 Å². The van der Waals surface area contributed by atoms with Gasteiger partial charge in [-0.05, 0) is 12.5 Å². The number of hydrazine groups is 1. The molecule has 0 aliphatic heterocycles. The smallest absolute Gasteiger partial charge is 0.239 e. The van der Waals surface area contributed by atoms with Crippen LogP contribution in [0.3, 0.4) is 0 Å². The fourth-order valence-electron chi connectivity index (χ4n) is 1.44. The summed E-state index contributed by atoms with van der Waals surface area (Å²) in [5, 5.41) is 3.45. The minimum Gasteiger partial charge on any atom is -0.355 e. The van der Waals surface area contributed by atoms with Gasteiger partial charge in [0, 0.05) is 13.6 Å². The second kappa shape index (κ2) is 7.37. The Morgan fingerprint density at radius 3 is 2.74 bits per heavy atom. The SMILES string of the molecule is CCCNC(=O)CN(C)c1nc(NN)c(Cl)cc1Cl. The molecule has 0 atom stereocenters. The Morgan fingerprint density at radius 2 is 2.16 bits per heavy atom. The van der Waals surface area contributed by atoms with Crippen molar-refractivity contribution in [1.82, 2.24) is 10.3 Å². The first kappa shape index (κ1) is 15.8. The molecule has 0 aromatic carbocycles. The molecule has 0 aliphatic carbocycles. The van der Waals surface area contributed by atoms with Crippen LogP contribution in [0.15, 0.2) is 6.07 Å². The number of nitrogens with one attached hydrogen (secondary N) is 2. The Labute approximate surface area is 122 Å². The van der Waals surface area contributed by atoms with E-state index in [2.05, 4.69) is 15.7 Å². The molecule has 1 aromatic heterocycles. The van der Waals surface area contributed by atoms with Gasteiger partial charge in [0.15, 0.2) is 5.82 Å². The molecule has 4 N–H and O–H groups in total. The number of hydrogen-bond donors (Lipinski definition) is 3. The number of rotatable bonds is 6. The summed E-state index contributed by atoms with van der Waals surface area (Å²) < 4.78 is 0. The molecule has 6 nitrogen and oxygen atoms in total. The van der Waals surface area contributed by atoms with Gasteiger partial charge in [-0.2, -0.15) is 0 Å². The lowest BCUT2D eigenvalue weighted by Gasteiger charge is -2.20. The monoisotopic (exact) mass is 305 g/mol. The van der Waals surface area contributed by atoms with Gasteiger partial charge in [0.2, 0.25) is 5.91 Å². The topological polar surface area (TPSA) is 83.3 Å². The van der Waals surface area contributed by atoms with Gasteiger partial charge < -0.3 is 15.6 Å². The Hall–Kier alpha value is -1.24. The number of aromatic nitrogens is 1. The fraction of sp³-hybridized carbons (Fsp3) is 0.455. The van der Waals surface area contributed by atoms with E-state index in [-0.39, 0.29) is 12.5 Å². The summed E-state index contributed by atoms with van der Waals surface area (Å²) in [6, 6.07) is 1.53. The van der Waals surface area contributed by atoms with Crippen molar-refractivity contribution in [2.45, 2.75) is 13.3 Å². The van der Waals surface area contributed by atoms with Gasteiger partial charge in [0.1, 0.15) is 5.82 Å². The summed E-state index contributed by atoms with van der Waals surface area (Å²) in [6.45, 7) is 2.78. The highest BCUT2D eigenvalue weighted by atomic mass is 35.5. The Balaban J connectivity index is 2.81. The van der Waals surface area contributed by atoms with Crippen molar-refractivity contribution in [1.29, 1.82) is 0 Å². The molecule has 0 saturated heterocycles. The fourth-order valence-corrected chi connectivity index (χ4v) is 1.99. The summed E-state index contributed by atoms with van der Waals surface area (Å²) >= 11 is 11.9. The van der Waals surface area contributed by atoms with E-state index in [1.54, 1.807) is 11.9 Å². The summed E-state index contributed by atoms with van der Waals surface area (Å²) in [5.74, 6) is 5.94. The highest BCUT2D eigenvalue weighted by Gasteiger charge is 2.14. The van der Waals surface area contributed by atoms with Crippen LogP contribution in [0.5, 0.6) is 0 Å². The van der Waals surface area contributed by atoms with Gasteiger partial charge in [-0.25, -0.2) is 10.8 Å². The lowest BCUT2D eigenvalue weighted by Crippen LogP contribution is -2.36. The van der Waals surface area contributed by atoms with Crippen LogP contribution in [0.1, 0.15) is 13.3 Å². The molecule has 0 fully saturated rings. The molecule has 1 amide bonds.